The van der Waals surface area contributed by atoms with E-state index >= 15 is 0 Å². The number of nitrogens with one attached hydrogen (secondary N) is 1. The molecule has 1 aromatic heterocycles. The van der Waals surface area contributed by atoms with Crippen LogP contribution >= 0.6 is 15.9 Å². The van der Waals surface area contributed by atoms with Gasteiger partial charge in [0.2, 0.25) is 10.0 Å². The van der Waals surface area contributed by atoms with E-state index in [1.807, 2.05) is 0 Å². The zero-order chi connectivity index (χ0) is 16.3. The molecule has 0 aliphatic heterocycles. The van der Waals surface area contributed by atoms with E-state index in [0.717, 1.165) is 4.31 Å². The molecule has 0 fully saturated rings. The molecule has 2 rings (SSSR count). The fraction of sp³-hybridized carbons (Fsp3) is 0.214. The molecule has 1 aromatic carbocycles. The molecule has 1 heterocycles. The Balaban J connectivity index is 2.24. The predicted molar refractivity (Wildman–Crippen MR) is 84.9 cm³/mol. The molecule has 0 bridgehead atoms. The van der Waals surface area contributed by atoms with Gasteiger partial charge in [0.1, 0.15) is 5.76 Å². The maximum Gasteiger partial charge on any atom is 0.251 e. The minimum atomic E-state index is -3.63. The summed E-state index contributed by atoms with van der Waals surface area (Å²) in [5, 5.41) is 2.67. The van der Waals surface area contributed by atoms with Gasteiger partial charge in [0.25, 0.3) is 5.91 Å². The van der Waals surface area contributed by atoms with Crippen molar-refractivity contribution in [3.05, 3.63) is 52.4 Å². The third-order valence-corrected chi connectivity index (χ3v) is 5.76. The molecule has 0 spiro atoms. The third-order valence-electron chi connectivity index (χ3n) is 2.96. The van der Waals surface area contributed by atoms with Crippen molar-refractivity contribution in [3.8, 4) is 0 Å². The predicted octanol–water partition coefficient (Wildman–Crippen LogP) is 2.22. The summed E-state index contributed by atoms with van der Waals surface area (Å²) in [6, 6.07) is 7.90. The number of hydrogen-bond donors (Lipinski definition) is 1. The Morgan fingerprint density at radius 2 is 2.05 bits per heavy atom. The van der Waals surface area contributed by atoms with Gasteiger partial charge in [-0.25, -0.2) is 12.7 Å². The lowest BCUT2D eigenvalue weighted by Gasteiger charge is -2.14. The van der Waals surface area contributed by atoms with Gasteiger partial charge < -0.3 is 9.73 Å². The molecule has 22 heavy (non-hydrogen) atoms. The van der Waals surface area contributed by atoms with Gasteiger partial charge in [-0.2, -0.15) is 0 Å². The lowest BCUT2D eigenvalue weighted by atomic mass is 10.2. The minimum absolute atomic E-state index is 0.0446. The Morgan fingerprint density at radius 3 is 2.64 bits per heavy atom. The van der Waals surface area contributed by atoms with Crippen molar-refractivity contribution in [3.63, 3.8) is 0 Å². The molecule has 6 nitrogen and oxygen atoms in total. The Labute approximate surface area is 137 Å². The molecule has 0 aliphatic rings. The molecule has 0 unspecified atom stereocenters. The number of sulfonamides is 1. The number of hydrogen-bond acceptors (Lipinski definition) is 4. The van der Waals surface area contributed by atoms with E-state index in [2.05, 4.69) is 21.2 Å². The molecule has 2 aromatic rings. The largest absolute Gasteiger partial charge is 0.467 e. The van der Waals surface area contributed by atoms with Crippen LogP contribution in [0.4, 0.5) is 0 Å². The molecular formula is C14H15BrN2O4S. The first-order valence-electron chi connectivity index (χ1n) is 6.35. The highest BCUT2D eigenvalue weighted by Gasteiger charge is 2.22. The standard InChI is InChI=1S/C14H15BrN2O4S/c1-17(2)22(19,20)13-8-10(5-6-12(13)15)14(18)16-9-11-4-3-7-21-11/h3-8H,9H2,1-2H3,(H,16,18). The Morgan fingerprint density at radius 1 is 1.32 bits per heavy atom. The molecule has 8 heteroatoms. The van der Waals surface area contributed by atoms with Gasteiger partial charge in [0.15, 0.2) is 0 Å². The van der Waals surface area contributed by atoms with Gasteiger partial charge >= 0.3 is 0 Å². The van der Waals surface area contributed by atoms with Gasteiger partial charge in [-0.15, -0.1) is 0 Å². The number of amides is 1. The van der Waals surface area contributed by atoms with Crippen LogP contribution in [-0.4, -0.2) is 32.7 Å². The van der Waals surface area contributed by atoms with Gasteiger partial charge in [-0.05, 0) is 46.3 Å². The fourth-order valence-electron chi connectivity index (χ4n) is 1.72. The highest BCUT2D eigenvalue weighted by molar-refractivity contribution is 9.10. The average molecular weight is 387 g/mol. The summed E-state index contributed by atoms with van der Waals surface area (Å²) in [7, 11) is -0.762. The number of halogens is 1. The second-order valence-electron chi connectivity index (χ2n) is 4.69. The normalized spacial score (nSPS) is 11.6. The summed E-state index contributed by atoms with van der Waals surface area (Å²) in [5.74, 6) is 0.241. The first kappa shape index (κ1) is 16.7. The number of carbonyl (C=O) groups is 1. The first-order valence-corrected chi connectivity index (χ1v) is 8.58. The summed E-state index contributed by atoms with van der Waals surface area (Å²) in [6.07, 6.45) is 1.52. The molecule has 1 amide bonds. The average Bonchev–Trinajstić information content (AvgIpc) is 2.98. The number of benzene rings is 1. The van der Waals surface area contributed by atoms with Gasteiger partial charge in [0.05, 0.1) is 17.7 Å². The molecule has 0 saturated heterocycles. The third kappa shape index (κ3) is 3.57. The smallest absolute Gasteiger partial charge is 0.251 e. The van der Waals surface area contributed by atoms with Crippen molar-refractivity contribution in [2.75, 3.05) is 14.1 Å². The lowest BCUT2D eigenvalue weighted by Crippen LogP contribution is -2.25. The summed E-state index contributed by atoms with van der Waals surface area (Å²) in [6.45, 7) is 0.234. The van der Waals surface area contributed by atoms with Crippen LogP contribution in [0.15, 0.2) is 50.4 Å². The van der Waals surface area contributed by atoms with Gasteiger partial charge in [-0.3, -0.25) is 4.79 Å². The monoisotopic (exact) mass is 386 g/mol. The number of nitrogens with zero attached hydrogens (tertiary/aromatic N) is 1. The Hall–Kier alpha value is -1.64. The topological polar surface area (TPSA) is 79.6 Å². The molecule has 1 N–H and O–H groups in total. The summed E-state index contributed by atoms with van der Waals surface area (Å²) in [5.41, 5.74) is 0.259. The molecule has 0 saturated carbocycles. The summed E-state index contributed by atoms with van der Waals surface area (Å²) in [4.78, 5) is 12.2. The van der Waals surface area contributed by atoms with Crippen LogP contribution in [0, 0.1) is 0 Å². The minimum Gasteiger partial charge on any atom is -0.467 e. The zero-order valence-corrected chi connectivity index (χ0v) is 14.4. The number of carbonyl (C=O) groups excluding carboxylic acids is 1. The van der Waals surface area contributed by atoms with Crippen molar-refractivity contribution in [2.24, 2.45) is 0 Å². The zero-order valence-electron chi connectivity index (χ0n) is 12.0. The summed E-state index contributed by atoms with van der Waals surface area (Å²) < 4.78 is 31.1. The maximum absolute atomic E-state index is 12.2. The van der Waals surface area contributed by atoms with Crippen LogP contribution in [0.5, 0.6) is 0 Å². The van der Waals surface area contributed by atoms with E-state index in [1.54, 1.807) is 18.2 Å². The molecule has 118 valence electrons. The summed E-state index contributed by atoms with van der Waals surface area (Å²) >= 11 is 3.20. The Kier molecular flexibility index (Phi) is 5.05. The quantitative estimate of drug-likeness (QED) is 0.853. The van der Waals surface area contributed by atoms with Gasteiger partial charge in [0, 0.05) is 24.1 Å². The van der Waals surface area contributed by atoms with Crippen molar-refractivity contribution < 1.29 is 17.6 Å². The van der Waals surface area contributed by atoms with E-state index < -0.39 is 10.0 Å². The SMILES string of the molecule is CN(C)S(=O)(=O)c1cc(C(=O)NCc2ccco2)ccc1Br. The molecule has 0 aliphatic carbocycles. The van der Waals surface area contributed by atoms with Crippen LogP contribution in [0.3, 0.4) is 0 Å². The van der Waals surface area contributed by atoms with Crippen LogP contribution in [0.25, 0.3) is 0 Å². The molecular weight excluding hydrogens is 372 g/mol. The molecule has 0 radical (unpaired) electrons. The van der Waals surface area contributed by atoms with Gasteiger partial charge in [-0.1, -0.05) is 0 Å². The number of furan rings is 1. The van der Waals surface area contributed by atoms with Crippen molar-refractivity contribution in [2.45, 2.75) is 11.4 Å². The van der Waals surface area contributed by atoms with E-state index in [0.29, 0.717) is 10.2 Å². The second-order valence-corrected chi connectivity index (χ2v) is 7.67. The van der Waals surface area contributed by atoms with Crippen LogP contribution in [0.1, 0.15) is 16.1 Å². The second kappa shape index (κ2) is 6.64. The van der Waals surface area contributed by atoms with Crippen molar-refractivity contribution >= 4 is 31.9 Å². The Bertz CT molecular complexity index is 770. The van der Waals surface area contributed by atoms with E-state index in [9.17, 15) is 13.2 Å². The fourth-order valence-corrected chi connectivity index (χ4v) is 3.57. The molecule has 0 atom stereocenters. The van der Waals surface area contributed by atoms with E-state index in [4.69, 9.17) is 4.42 Å². The highest BCUT2D eigenvalue weighted by atomic mass is 79.9. The van der Waals surface area contributed by atoms with Crippen LogP contribution in [-0.2, 0) is 16.6 Å². The first-order chi connectivity index (χ1) is 10.3. The lowest BCUT2D eigenvalue weighted by molar-refractivity contribution is 0.0948. The van der Waals surface area contributed by atoms with Crippen LogP contribution in [0.2, 0.25) is 0 Å². The van der Waals surface area contributed by atoms with Crippen molar-refractivity contribution in [1.29, 1.82) is 0 Å². The highest BCUT2D eigenvalue weighted by Crippen LogP contribution is 2.25. The maximum atomic E-state index is 12.2. The van der Waals surface area contributed by atoms with Crippen LogP contribution < -0.4 is 5.32 Å². The van der Waals surface area contributed by atoms with Crippen molar-refractivity contribution in [1.82, 2.24) is 9.62 Å². The number of rotatable bonds is 5. The van der Waals surface area contributed by atoms with E-state index in [-0.39, 0.29) is 22.9 Å². The van der Waals surface area contributed by atoms with E-state index in [1.165, 1.54) is 32.5 Å².